The van der Waals surface area contributed by atoms with Gasteiger partial charge in [-0.15, -0.1) is 6.58 Å². The molecule has 0 N–H and O–H groups in total. The summed E-state index contributed by atoms with van der Waals surface area (Å²) in [6.07, 6.45) is 1.82. The summed E-state index contributed by atoms with van der Waals surface area (Å²) in [5, 5.41) is 0. The third kappa shape index (κ3) is 2.35. The standard InChI is InChI=1S/C17H21NO3/c1-6-11-17(15(20)21-16(2,3)4)12-9-7-8-10-13(12)18(5)14(17)19/h6-10H,1,11H2,2-5H3. The van der Waals surface area contributed by atoms with Crippen molar-refractivity contribution in [2.75, 3.05) is 11.9 Å². The number of hydrogen-bond donors (Lipinski definition) is 0. The number of allylic oxidation sites excluding steroid dienone is 1. The number of amides is 1. The first kappa shape index (κ1) is 15.3. The van der Waals surface area contributed by atoms with Crippen LogP contribution < -0.4 is 4.90 Å². The minimum atomic E-state index is -1.32. The van der Waals surface area contributed by atoms with E-state index < -0.39 is 17.0 Å². The molecule has 2 rings (SSSR count). The van der Waals surface area contributed by atoms with Gasteiger partial charge in [0.25, 0.3) is 0 Å². The zero-order valence-corrected chi connectivity index (χ0v) is 13.0. The summed E-state index contributed by atoms with van der Waals surface area (Å²) in [7, 11) is 1.68. The van der Waals surface area contributed by atoms with Crippen LogP contribution in [0.5, 0.6) is 0 Å². The molecule has 0 spiro atoms. The van der Waals surface area contributed by atoms with E-state index in [4.69, 9.17) is 4.74 Å². The van der Waals surface area contributed by atoms with Crippen LogP contribution in [0.2, 0.25) is 0 Å². The molecule has 0 saturated carbocycles. The van der Waals surface area contributed by atoms with Gasteiger partial charge in [0.05, 0.1) is 0 Å². The molecule has 4 heteroatoms. The SMILES string of the molecule is C=CCC1(C(=O)OC(C)(C)C)C(=O)N(C)c2ccccc21. The van der Waals surface area contributed by atoms with Gasteiger partial charge in [-0.05, 0) is 33.3 Å². The van der Waals surface area contributed by atoms with Crippen LogP contribution in [0.1, 0.15) is 32.8 Å². The number of carbonyl (C=O) groups excluding carboxylic acids is 2. The lowest BCUT2D eigenvalue weighted by molar-refractivity contribution is -0.164. The van der Waals surface area contributed by atoms with Crippen molar-refractivity contribution in [3.05, 3.63) is 42.5 Å². The monoisotopic (exact) mass is 287 g/mol. The lowest BCUT2D eigenvalue weighted by Crippen LogP contribution is -2.48. The average Bonchev–Trinajstić information content (AvgIpc) is 2.61. The van der Waals surface area contributed by atoms with Gasteiger partial charge in [-0.25, -0.2) is 0 Å². The second-order valence-corrected chi connectivity index (χ2v) is 6.28. The molecule has 0 aromatic heterocycles. The van der Waals surface area contributed by atoms with Crippen molar-refractivity contribution in [2.45, 2.75) is 38.2 Å². The molecule has 0 fully saturated rings. The maximum absolute atomic E-state index is 12.8. The van der Waals surface area contributed by atoms with E-state index in [0.29, 0.717) is 5.56 Å². The third-order valence-electron chi connectivity index (χ3n) is 3.59. The first-order chi connectivity index (χ1) is 9.74. The predicted molar refractivity (Wildman–Crippen MR) is 82.2 cm³/mol. The number of fused-ring (bicyclic) bond motifs is 1. The molecule has 21 heavy (non-hydrogen) atoms. The Bertz CT molecular complexity index is 600. The molecule has 1 unspecified atom stereocenters. The zero-order chi connectivity index (χ0) is 15.8. The summed E-state index contributed by atoms with van der Waals surface area (Å²) in [5.74, 6) is -0.783. The molecule has 1 atom stereocenters. The molecule has 0 radical (unpaired) electrons. The number of para-hydroxylation sites is 1. The number of rotatable bonds is 3. The van der Waals surface area contributed by atoms with Gasteiger partial charge in [0.1, 0.15) is 5.60 Å². The Labute approximate surface area is 125 Å². The highest BCUT2D eigenvalue weighted by molar-refractivity contribution is 6.20. The molecule has 0 aliphatic carbocycles. The van der Waals surface area contributed by atoms with E-state index in [2.05, 4.69) is 6.58 Å². The maximum atomic E-state index is 12.8. The second kappa shape index (κ2) is 5.02. The molecule has 1 aromatic carbocycles. The fourth-order valence-corrected chi connectivity index (χ4v) is 2.70. The smallest absolute Gasteiger partial charge is 0.327 e. The van der Waals surface area contributed by atoms with Crippen LogP contribution >= 0.6 is 0 Å². The van der Waals surface area contributed by atoms with Crippen molar-refractivity contribution in [1.29, 1.82) is 0 Å². The zero-order valence-electron chi connectivity index (χ0n) is 13.0. The first-order valence-corrected chi connectivity index (χ1v) is 6.96. The highest BCUT2D eigenvalue weighted by Gasteiger charge is 2.56. The molecule has 1 heterocycles. The van der Waals surface area contributed by atoms with Crippen LogP contribution in [0.15, 0.2) is 36.9 Å². The Kier molecular flexibility index (Phi) is 3.66. The number of likely N-dealkylation sites (N-methyl/N-ethyl adjacent to an activating group) is 1. The predicted octanol–water partition coefficient (Wildman–Crippen LogP) is 2.82. The van der Waals surface area contributed by atoms with Gasteiger partial charge in [-0.3, -0.25) is 9.59 Å². The van der Waals surface area contributed by atoms with Crippen LogP contribution in [0.3, 0.4) is 0 Å². The Balaban J connectivity index is 2.60. The summed E-state index contributed by atoms with van der Waals surface area (Å²) in [6, 6.07) is 7.32. The molecule has 0 saturated heterocycles. The normalized spacial score (nSPS) is 21.1. The topological polar surface area (TPSA) is 46.6 Å². The quantitative estimate of drug-likeness (QED) is 0.488. The maximum Gasteiger partial charge on any atom is 0.327 e. The van der Waals surface area contributed by atoms with Crippen molar-refractivity contribution in [3.8, 4) is 0 Å². The van der Waals surface area contributed by atoms with E-state index in [1.165, 1.54) is 4.90 Å². The molecule has 4 nitrogen and oxygen atoms in total. The summed E-state index contributed by atoms with van der Waals surface area (Å²) in [5.41, 5.74) is -0.538. The minimum absolute atomic E-state index is 0.224. The number of benzene rings is 1. The van der Waals surface area contributed by atoms with E-state index in [1.54, 1.807) is 33.9 Å². The summed E-state index contributed by atoms with van der Waals surface area (Å²) in [6.45, 7) is 9.08. The number of hydrogen-bond acceptors (Lipinski definition) is 3. The van der Waals surface area contributed by atoms with Gasteiger partial charge in [0.2, 0.25) is 5.91 Å². The van der Waals surface area contributed by atoms with Crippen LogP contribution in [-0.2, 0) is 19.7 Å². The lowest BCUT2D eigenvalue weighted by Gasteiger charge is -2.29. The van der Waals surface area contributed by atoms with E-state index in [0.717, 1.165) is 5.69 Å². The molecule has 1 aliphatic heterocycles. The molecule has 1 amide bonds. The largest absolute Gasteiger partial charge is 0.459 e. The minimum Gasteiger partial charge on any atom is -0.459 e. The number of ether oxygens (including phenoxy) is 1. The van der Waals surface area contributed by atoms with E-state index in [-0.39, 0.29) is 12.3 Å². The Morgan fingerprint density at radius 2 is 2.00 bits per heavy atom. The van der Waals surface area contributed by atoms with Gasteiger partial charge < -0.3 is 9.64 Å². The Morgan fingerprint density at radius 3 is 2.57 bits per heavy atom. The fraction of sp³-hybridized carbons (Fsp3) is 0.412. The highest BCUT2D eigenvalue weighted by atomic mass is 16.6. The highest BCUT2D eigenvalue weighted by Crippen LogP contribution is 2.44. The summed E-state index contributed by atoms with van der Waals surface area (Å²) >= 11 is 0. The van der Waals surface area contributed by atoms with E-state index >= 15 is 0 Å². The van der Waals surface area contributed by atoms with Crippen molar-refractivity contribution in [3.63, 3.8) is 0 Å². The number of anilines is 1. The third-order valence-corrected chi connectivity index (χ3v) is 3.59. The Hall–Kier alpha value is -2.10. The summed E-state index contributed by atoms with van der Waals surface area (Å²) < 4.78 is 5.52. The first-order valence-electron chi connectivity index (χ1n) is 6.96. The Morgan fingerprint density at radius 1 is 1.38 bits per heavy atom. The van der Waals surface area contributed by atoms with Gasteiger partial charge in [-0.1, -0.05) is 24.3 Å². The van der Waals surface area contributed by atoms with Crippen LogP contribution in [0.25, 0.3) is 0 Å². The summed E-state index contributed by atoms with van der Waals surface area (Å²) in [4.78, 5) is 27.1. The van der Waals surface area contributed by atoms with E-state index in [9.17, 15) is 9.59 Å². The van der Waals surface area contributed by atoms with Gasteiger partial charge in [0, 0.05) is 18.3 Å². The van der Waals surface area contributed by atoms with Gasteiger partial charge in [-0.2, -0.15) is 0 Å². The number of carbonyl (C=O) groups is 2. The molecule has 0 bridgehead atoms. The lowest BCUT2D eigenvalue weighted by atomic mass is 9.78. The molecular formula is C17H21NO3. The van der Waals surface area contributed by atoms with Crippen molar-refractivity contribution >= 4 is 17.6 Å². The van der Waals surface area contributed by atoms with E-state index in [1.807, 2.05) is 24.3 Å². The number of nitrogens with zero attached hydrogens (tertiary/aromatic N) is 1. The van der Waals surface area contributed by atoms with Crippen LogP contribution in [0.4, 0.5) is 5.69 Å². The molecule has 112 valence electrons. The average molecular weight is 287 g/mol. The molecular weight excluding hydrogens is 266 g/mol. The van der Waals surface area contributed by atoms with Crippen LogP contribution in [-0.4, -0.2) is 24.5 Å². The van der Waals surface area contributed by atoms with Crippen LogP contribution in [0, 0.1) is 0 Å². The van der Waals surface area contributed by atoms with Crippen molar-refractivity contribution in [1.82, 2.24) is 0 Å². The molecule has 1 aliphatic rings. The van der Waals surface area contributed by atoms with Crippen molar-refractivity contribution < 1.29 is 14.3 Å². The van der Waals surface area contributed by atoms with Gasteiger partial charge >= 0.3 is 5.97 Å². The van der Waals surface area contributed by atoms with Gasteiger partial charge in [0.15, 0.2) is 5.41 Å². The number of esters is 1. The molecule has 1 aromatic rings. The van der Waals surface area contributed by atoms with Crippen molar-refractivity contribution in [2.24, 2.45) is 0 Å². The second-order valence-electron chi connectivity index (χ2n) is 6.28. The fourth-order valence-electron chi connectivity index (χ4n) is 2.70.